The molecule has 1 aliphatic carbocycles. The van der Waals surface area contributed by atoms with E-state index in [9.17, 15) is 13.2 Å². The van der Waals surface area contributed by atoms with Crippen molar-refractivity contribution < 1.29 is 13.2 Å². The Bertz CT molecular complexity index is 666. The molecule has 1 aromatic carbocycles. The maximum absolute atomic E-state index is 12.2. The molecular weight excluding hydrogens is 344 g/mol. The monoisotopic (exact) mass is 360 g/mol. The first-order valence-electron chi connectivity index (χ1n) is 6.24. The second-order valence-electron chi connectivity index (χ2n) is 5.62. The van der Waals surface area contributed by atoms with Crippen molar-refractivity contribution in [3.8, 4) is 0 Å². The smallest absolute Gasteiger partial charge is 0.251 e. The molecule has 20 heavy (non-hydrogen) atoms. The molecule has 5 nitrogen and oxygen atoms in total. The molecule has 0 unspecified atom stereocenters. The van der Waals surface area contributed by atoms with Crippen molar-refractivity contribution in [1.29, 1.82) is 0 Å². The van der Waals surface area contributed by atoms with Gasteiger partial charge in [-0.3, -0.25) is 4.79 Å². The summed E-state index contributed by atoms with van der Waals surface area (Å²) in [6, 6.07) is 2.73. The third-order valence-corrected chi connectivity index (χ3v) is 5.39. The number of amides is 1. The molecule has 0 aromatic heterocycles. The molecular formula is C13H17BrN2O3S. The maximum Gasteiger partial charge on any atom is 0.251 e. The van der Waals surface area contributed by atoms with Gasteiger partial charge in [0.25, 0.3) is 5.91 Å². The number of halogens is 1. The molecule has 1 aromatic rings. The Morgan fingerprint density at radius 2 is 2.05 bits per heavy atom. The highest BCUT2D eigenvalue weighted by molar-refractivity contribution is 9.10. The van der Waals surface area contributed by atoms with Gasteiger partial charge in [-0.15, -0.1) is 0 Å². The third kappa shape index (κ3) is 3.39. The molecule has 110 valence electrons. The zero-order chi connectivity index (χ0) is 15.1. The lowest BCUT2D eigenvalue weighted by Gasteiger charge is -2.13. The second kappa shape index (κ2) is 5.13. The van der Waals surface area contributed by atoms with Crippen LogP contribution in [0.3, 0.4) is 0 Å². The summed E-state index contributed by atoms with van der Waals surface area (Å²) < 4.78 is 23.4. The van der Waals surface area contributed by atoms with E-state index >= 15 is 0 Å². The second-order valence-corrected chi connectivity index (χ2v) is 8.03. The SMILES string of the molecule is Cc1c(Br)cc(S(N)(=O)=O)cc1C(=O)NCC1(C)CC1. The van der Waals surface area contributed by atoms with Gasteiger partial charge >= 0.3 is 0 Å². The minimum Gasteiger partial charge on any atom is -0.351 e. The predicted molar refractivity (Wildman–Crippen MR) is 79.9 cm³/mol. The fourth-order valence-electron chi connectivity index (χ4n) is 1.83. The number of nitrogens with one attached hydrogen (secondary N) is 1. The first-order valence-corrected chi connectivity index (χ1v) is 8.57. The quantitative estimate of drug-likeness (QED) is 0.859. The molecule has 1 aliphatic rings. The minimum atomic E-state index is -3.84. The van der Waals surface area contributed by atoms with Crippen molar-refractivity contribution in [1.82, 2.24) is 5.32 Å². The zero-order valence-electron chi connectivity index (χ0n) is 11.4. The maximum atomic E-state index is 12.2. The summed E-state index contributed by atoms with van der Waals surface area (Å²) in [6.45, 7) is 4.46. The summed E-state index contributed by atoms with van der Waals surface area (Å²) >= 11 is 3.26. The van der Waals surface area contributed by atoms with Crippen LogP contribution in [-0.4, -0.2) is 20.9 Å². The van der Waals surface area contributed by atoms with Gasteiger partial charge in [0.1, 0.15) is 0 Å². The molecule has 3 N–H and O–H groups in total. The van der Waals surface area contributed by atoms with Crippen molar-refractivity contribution in [3.05, 3.63) is 27.7 Å². The van der Waals surface area contributed by atoms with Gasteiger partial charge in [0.15, 0.2) is 0 Å². The molecule has 2 rings (SSSR count). The van der Waals surface area contributed by atoms with Gasteiger partial charge < -0.3 is 5.32 Å². The number of primary sulfonamides is 1. The summed E-state index contributed by atoms with van der Waals surface area (Å²) in [5, 5.41) is 7.97. The normalized spacial score (nSPS) is 16.8. The van der Waals surface area contributed by atoms with E-state index in [1.807, 2.05) is 0 Å². The van der Waals surface area contributed by atoms with Crippen LogP contribution in [-0.2, 0) is 10.0 Å². The van der Waals surface area contributed by atoms with Crippen LogP contribution in [0, 0.1) is 12.3 Å². The van der Waals surface area contributed by atoms with Gasteiger partial charge in [0, 0.05) is 16.6 Å². The van der Waals surface area contributed by atoms with Crippen molar-refractivity contribution in [2.24, 2.45) is 10.6 Å². The first-order chi connectivity index (χ1) is 9.12. The molecule has 1 fully saturated rings. The van der Waals surface area contributed by atoms with Crippen LogP contribution >= 0.6 is 15.9 Å². The molecule has 0 heterocycles. The average Bonchev–Trinajstić information content (AvgIpc) is 3.07. The number of rotatable bonds is 4. The number of hydrogen-bond donors (Lipinski definition) is 2. The Balaban J connectivity index is 2.30. The average molecular weight is 361 g/mol. The summed E-state index contributed by atoms with van der Waals surface area (Å²) in [5.74, 6) is -0.276. The van der Waals surface area contributed by atoms with Crippen LogP contribution in [0.25, 0.3) is 0 Å². The zero-order valence-corrected chi connectivity index (χ0v) is 13.8. The lowest BCUT2D eigenvalue weighted by molar-refractivity contribution is 0.0945. The van der Waals surface area contributed by atoms with Gasteiger partial charge in [-0.05, 0) is 42.9 Å². The molecule has 0 atom stereocenters. The number of benzene rings is 1. The van der Waals surface area contributed by atoms with Gasteiger partial charge in [0.05, 0.1) is 4.90 Å². The van der Waals surface area contributed by atoms with Crippen LogP contribution < -0.4 is 10.5 Å². The number of sulfonamides is 1. The molecule has 0 aliphatic heterocycles. The van der Waals surface area contributed by atoms with Crippen LogP contribution in [0.2, 0.25) is 0 Å². The summed E-state index contributed by atoms with van der Waals surface area (Å²) in [7, 11) is -3.84. The van der Waals surface area contributed by atoms with E-state index in [0.29, 0.717) is 22.1 Å². The molecule has 0 spiro atoms. The van der Waals surface area contributed by atoms with E-state index in [2.05, 4.69) is 28.2 Å². The Hall–Kier alpha value is -0.920. The molecule has 1 amide bonds. The lowest BCUT2D eigenvalue weighted by Crippen LogP contribution is -2.30. The highest BCUT2D eigenvalue weighted by Crippen LogP contribution is 2.44. The van der Waals surface area contributed by atoms with Gasteiger partial charge in [-0.1, -0.05) is 22.9 Å². The number of carbonyl (C=O) groups excluding carboxylic acids is 1. The van der Waals surface area contributed by atoms with E-state index in [1.54, 1.807) is 6.92 Å². The Morgan fingerprint density at radius 3 is 2.55 bits per heavy atom. The molecule has 1 saturated carbocycles. The van der Waals surface area contributed by atoms with Crippen molar-refractivity contribution in [2.45, 2.75) is 31.6 Å². The fourth-order valence-corrected chi connectivity index (χ4v) is 3.01. The number of carbonyl (C=O) groups is 1. The Kier molecular flexibility index (Phi) is 3.96. The van der Waals surface area contributed by atoms with E-state index in [1.165, 1.54) is 12.1 Å². The Labute approximate surface area is 127 Å². The summed E-state index contributed by atoms with van der Waals surface area (Å²) in [6.07, 6.45) is 2.21. The minimum absolute atomic E-state index is 0.0715. The van der Waals surface area contributed by atoms with E-state index in [-0.39, 0.29) is 16.2 Å². The van der Waals surface area contributed by atoms with Gasteiger partial charge in [-0.25, -0.2) is 13.6 Å². The van der Waals surface area contributed by atoms with Crippen molar-refractivity contribution in [2.75, 3.05) is 6.54 Å². The van der Waals surface area contributed by atoms with Crippen LogP contribution in [0.5, 0.6) is 0 Å². The molecule has 0 radical (unpaired) electrons. The highest BCUT2D eigenvalue weighted by atomic mass is 79.9. The Morgan fingerprint density at radius 1 is 1.45 bits per heavy atom. The molecule has 7 heteroatoms. The van der Waals surface area contributed by atoms with Crippen molar-refractivity contribution >= 4 is 31.9 Å². The largest absolute Gasteiger partial charge is 0.351 e. The predicted octanol–water partition coefficient (Wildman–Crippen LogP) is 1.93. The fraction of sp³-hybridized carbons (Fsp3) is 0.462. The number of hydrogen-bond acceptors (Lipinski definition) is 3. The molecule has 0 saturated heterocycles. The summed E-state index contributed by atoms with van der Waals surface area (Å²) in [5.41, 5.74) is 1.21. The van der Waals surface area contributed by atoms with Gasteiger partial charge in [0.2, 0.25) is 10.0 Å². The van der Waals surface area contributed by atoms with Crippen LogP contribution in [0.15, 0.2) is 21.5 Å². The highest BCUT2D eigenvalue weighted by Gasteiger charge is 2.37. The first kappa shape index (κ1) is 15.5. The van der Waals surface area contributed by atoms with Crippen LogP contribution in [0.4, 0.5) is 0 Å². The van der Waals surface area contributed by atoms with E-state index < -0.39 is 10.0 Å². The van der Waals surface area contributed by atoms with Crippen molar-refractivity contribution in [3.63, 3.8) is 0 Å². The topological polar surface area (TPSA) is 89.3 Å². The van der Waals surface area contributed by atoms with Crippen LogP contribution in [0.1, 0.15) is 35.7 Å². The molecule has 0 bridgehead atoms. The third-order valence-electron chi connectivity index (χ3n) is 3.67. The van der Waals surface area contributed by atoms with E-state index in [0.717, 1.165) is 12.8 Å². The standard InChI is InChI=1S/C13H17BrN2O3S/c1-8-10(12(17)16-7-13(2)3-4-13)5-9(6-11(8)14)20(15,18)19/h5-6H,3-4,7H2,1-2H3,(H,16,17)(H2,15,18,19). The van der Waals surface area contributed by atoms with Gasteiger partial charge in [-0.2, -0.15) is 0 Å². The number of nitrogens with two attached hydrogens (primary N) is 1. The lowest BCUT2D eigenvalue weighted by atomic mass is 10.1. The van der Waals surface area contributed by atoms with E-state index in [4.69, 9.17) is 5.14 Å². The summed E-state index contributed by atoms with van der Waals surface area (Å²) in [4.78, 5) is 12.1.